The molecule has 0 spiro atoms. The fourth-order valence-electron chi connectivity index (χ4n) is 1.25. The number of aromatic nitrogens is 1. The van der Waals surface area contributed by atoms with Gasteiger partial charge in [0.05, 0.1) is 11.4 Å². The first-order valence-corrected chi connectivity index (χ1v) is 4.70. The molecule has 0 radical (unpaired) electrons. The Kier molecular flexibility index (Phi) is 2.31. The quantitative estimate of drug-likeness (QED) is 0.728. The highest BCUT2D eigenvalue weighted by atomic mass is 16.1. The molecule has 3 nitrogen and oxygen atoms in total. The van der Waals surface area contributed by atoms with Crippen LogP contribution in [0.3, 0.4) is 0 Å². The first-order valence-electron chi connectivity index (χ1n) is 4.70. The molecule has 1 saturated carbocycles. The van der Waals surface area contributed by atoms with Crippen molar-refractivity contribution in [2.75, 3.05) is 0 Å². The summed E-state index contributed by atoms with van der Waals surface area (Å²) < 4.78 is 0. The van der Waals surface area contributed by atoms with E-state index in [2.05, 4.69) is 4.98 Å². The number of ketones is 1. The molecule has 1 fully saturated rings. The molecule has 2 rings (SSSR count). The Morgan fingerprint density at radius 3 is 2.86 bits per heavy atom. The molecule has 1 aromatic rings. The predicted octanol–water partition coefficient (Wildman–Crippen LogP) is 1.36. The molecule has 0 atom stereocenters. The molecule has 14 heavy (non-hydrogen) atoms. The Bertz CT molecular complexity index is 366. The van der Waals surface area contributed by atoms with Crippen LogP contribution in [0.1, 0.15) is 18.5 Å². The molecule has 1 aliphatic carbocycles. The number of carbonyl (C=O) groups excluding carboxylic acids is 1. The molecule has 1 aliphatic rings. The van der Waals surface area contributed by atoms with Crippen LogP contribution in [-0.4, -0.2) is 10.8 Å². The summed E-state index contributed by atoms with van der Waals surface area (Å²) in [6, 6.07) is 5.47. The third-order valence-corrected chi connectivity index (χ3v) is 2.24. The maximum Gasteiger partial charge on any atom is 0.160 e. The Morgan fingerprint density at radius 1 is 1.50 bits per heavy atom. The highest BCUT2D eigenvalue weighted by molar-refractivity contribution is 5.98. The topological polar surface area (TPSA) is 56.0 Å². The number of pyridine rings is 1. The van der Waals surface area contributed by atoms with E-state index in [0.29, 0.717) is 11.4 Å². The minimum absolute atomic E-state index is 0.133. The summed E-state index contributed by atoms with van der Waals surface area (Å²) in [5.74, 6) is 0.352. The number of nitrogens with zero attached hydrogens (tertiary/aromatic N) is 1. The molecule has 72 valence electrons. The van der Waals surface area contributed by atoms with E-state index in [0.717, 1.165) is 12.8 Å². The minimum Gasteiger partial charge on any atom is -0.397 e. The number of carbonyl (C=O) groups is 1. The molecule has 1 aromatic heterocycles. The van der Waals surface area contributed by atoms with Gasteiger partial charge in [0.2, 0.25) is 0 Å². The third-order valence-electron chi connectivity index (χ3n) is 2.24. The van der Waals surface area contributed by atoms with Crippen LogP contribution in [0.5, 0.6) is 0 Å². The van der Waals surface area contributed by atoms with Crippen LogP contribution in [-0.2, 0) is 4.79 Å². The van der Waals surface area contributed by atoms with Crippen LogP contribution in [0.4, 0.5) is 0 Å². The lowest BCUT2D eigenvalue weighted by Crippen LogP contribution is -2.04. The van der Waals surface area contributed by atoms with E-state index >= 15 is 0 Å². The van der Waals surface area contributed by atoms with Crippen LogP contribution in [0.15, 0.2) is 30.5 Å². The fourth-order valence-corrected chi connectivity index (χ4v) is 1.25. The average molecular weight is 188 g/mol. The van der Waals surface area contributed by atoms with Gasteiger partial charge >= 0.3 is 0 Å². The van der Waals surface area contributed by atoms with E-state index in [9.17, 15) is 4.79 Å². The lowest BCUT2D eigenvalue weighted by atomic mass is 10.2. The number of allylic oxidation sites excluding steroid dienone is 1. The summed E-state index contributed by atoms with van der Waals surface area (Å²) in [5, 5.41) is 0. The van der Waals surface area contributed by atoms with Gasteiger partial charge in [-0.1, -0.05) is 6.07 Å². The molecule has 0 aromatic carbocycles. The lowest BCUT2D eigenvalue weighted by molar-refractivity contribution is -0.115. The maximum atomic E-state index is 11.4. The first-order chi connectivity index (χ1) is 6.77. The van der Waals surface area contributed by atoms with Gasteiger partial charge in [0.25, 0.3) is 0 Å². The van der Waals surface area contributed by atoms with Gasteiger partial charge in [-0.05, 0) is 25.0 Å². The van der Waals surface area contributed by atoms with Crippen molar-refractivity contribution in [3.8, 4) is 0 Å². The highest BCUT2D eigenvalue weighted by Crippen LogP contribution is 2.30. The normalized spacial score (nSPS) is 16.7. The smallest absolute Gasteiger partial charge is 0.160 e. The van der Waals surface area contributed by atoms with Gasteiger partial charge in [-0.2, -0.15) is 0 Å². The van der Waals surface area contributed by atoms with Crippen molar-refractivity contribution in [2.45, 2.75) is 12.8 Å². The van der Waals surface area contributed by atoms with Gasteiger partial charge in [-0.3, -0.25) is 9.78 Å². The monoisotopic (exact) mass is 188 g/mol. The van der Waals surface area contributed by atoms with Crippen molar-refractivity contribution >= 4 is 11.5 Å². The van der Waals surface area contributed by atoms with E-state index in [1.807, 2.05) is 12.1 Å². The molecule has 0 bridgehead atoms. The molecule has 1 heterocycles. The highest BCUT2D eigenvalue weighted by Gasteiger charge is 2.28. The second-order valence-electron chi connectivity index (χ2n) is 3.49. The Hall–Kier alpha value is -1.64. The minimum atomic E-state index is 0.133. The summed E-state index contributed by atoms with van der Waals surface area (Å²) >= 11 is 0. The van der Waals surface area contributed by atoms with Crippen molar-refractivity contribution in [3.63, 3.8) is 0 Å². The van der Waals surface area contributed by atoms with Gasteiger partial charge in [-0.25, -0.2) is 0 Å². The van der Waals surface area contributed by atoms with Crippen LogP contribution < -0.4 is 5.73 Å². The van der Waals surface area contributed by atoms with Crippen molar-refractivity contribution in [1.29, 1.82) is 0 Å². The van der Waals surface area contributed by atoms with Crippen molar-refractivity contribution in [1.82, 2.24) is 4.98 Å². The van der Waals surface area contributed by atoms with Gasteiger partial charge in [0, 0.05) is 18.2 Å². The molecular weight excluding hydrogens is 176 g/mol. The largest absolute Gasteiger partial charge is 0.397 e. The van der Waals surface area contributed by atoms with Crippen LogP contribution in [0.25, 0.3) is 5.70 Å². The van der Waals surface area contributed by atoms with Gasteiger partial charge in [0.15, 0.2) is 5.78 Å². The second-order valence-corrected chi connectivity index (χ2v) is 3.49. The number of hydrogen-bond donors (Lipinski definition) is 1. The molecule has 3 heteroatoms. The zero-order valence-electron chi connectivity index (χ0n) is 7.81. The average Bonchev–Trinajstić information content (AvgIpc) is 3.02. The van der Waals surface area contributed by atoms with Crippen LogP contribution in [0, 0.1) is 5.92 Å². The zero-order valence-corrected chi connectivity index (χ0v) is 7.81. The summed E-state index contributed by atoms with van der Waals surface area (Å²) in [4.78, 5) is 15.5. The summed E-state index contributed by atoms with van der Waals surface area (Å²) in [6.45, 7) is 0. The van der Waals surface area contributed by atoms with E-state index in [4.69, 9.17) is 5.73 Å². The zero-order chi connectivity index (χ0) is 9.97. The van der Waals surface area contributed by atoms with Crippen LogP contribution >= 0.6 is 0 Å². The van der Waals surface area contributed by atoms with Crippen molar-refractivity contribution in [2.24, 2.45) is 11.7 Å². The SMILES string of the molecule is N/C(=C/C(=O)C1CC1)c1ccccn1. The van der Waals surface area contributed by atoms with Crippen molar-refractivity contribution < 1.29 is 4.79 Å². The fraction of sp³-hybridized carbons (Fsp3) is 0.273. The summed E-state index contributed by atoms with van der Waals surface area (Å²) in [5.41, 5.74) is 6.87. The Morgan fingerprint density at radius 2 is 2.29 bits per heavy atom. The number of rotatable bonds is 3. The maximum absolute atomic E-state index is 11.4. The predicted molar refractivity (Wildman–Crippen MR) is 54.1 cm³/mol. The Balaban J connectivity index is 2.14. The standard InChI is InChI=1S/C11H12N2O/c12-9(7-11(14)8-4-5-8)10-3-1-2-6-13-10/h1-3,6-8H,4-5,12H2/b9-7+. The van der Waals surface area contributed by atoms with E-state index in [1.165, 1.54) is 6.08 Å². The first kappa shape index (κ1) is 8.94. The second kappa shape index (κ2) is 3.62. The molecule has 0 unspecified atom stereocenters. The third kappa shape index (κ3) is 1.99. The molecule has 2 N–H and O–H groups in total. The number of hydrogen-bond acceptors (Lipinski definition) is 3. The van der Waals surface area contributed by atoms with E-state index < -0.39 is 0 Å². The number of nitrogens with two attached hydrogens (primary N) is 1. The molecular formula is C11H12N2O. The molecule has 0 saturated heterocycles. The Labute approximate surface area is 82.6 Å². The summed E-state index contributed by atoms with van der Waals surface area (Å²) in [7, 11) is 0. The van der Waals surface area contributed by atoms with E-state index in [1.54, 1.807) is 12.3 Å². The summed E-state index contributed by atoms with van der Waals surface area (Å²) in [6.07, 6.45) is 5.17. The van der Waals surface area contributed by atoms with E-state index in [-0.39, 0.29) is 11.7 Å². The van der Waals surface area contributed by atoms with Gasteiger partial charge in [0.1, 0.15) is 0 Å². The molecule has 0 aliphatic heterocycles. The van der Waals surface area contributed by atoms with Crippen LogP contribution in [0.2, 0.25) is 0 Å². The van der Waals surface area contributed by atoms with Gasteiger partial charge in [-0.15, -0.1) is 0 Å². The lowest BCUT2D eigenvalue weighted by Gasteiger charge is -1.98. The van der Waals surface area contributed by atoms with Gasteiger partial charge < -0.3 is 5.73 Å². The van der Waals surface area contributed by atoms with Crippen molar-refractivity contribution in [3.05, 3.63) is 36.2 Å². The molecule has 0 amide bonds.